The van der Waals surface area contributed by atoms with Crippen LogP contribution in [0.2, 0.25) is 0 Å². The van der Waals surface area contributed by atoms with Crippen LogP contribution in [0.25, 0.3) is 6.08 Å². The van der Waals surface area contributed by atoms with Gasteiger partial charge in [0.1, 0.15) is 11.6 Å². The van der Waals surface area contributed by atoms with Crippen molar-refractivity contribution in [3.63, 3.8) is 0 Å². The van der Waals surface area contributed by atoms with Gasteiger partial charge in [0, 0.05) is 6.08 Å². The lowest BCUT2D eigenvalue weighted by Crippen LogP contribution is -2.37. The number of carbonyl (C=O) groups excluding carboxylic acids is 2. The Morgan fingerprint density at radius 2 is 1.80 bits per heavy atom. The average molecular weight is 347 g/mol. The predicted octanol–water partition coefficient (Wildman–Crippen LogP) is 3.47. The topological polar surface area (TPSA) is 78.6 Å². The maximum Gasteiger partial charge on any atom is 0.330 e. The summed E-state index contributed by atoms with van der Waals surface area (Å²) in [5.74, 6) is -0.723. The van der Waals surface area contributed by atoms with Gasteiger partial charge in [-0.05, 0) is 51.7 Å². The van der Waals surface area contributed by atoms with Gasteiger partial charge in [-0.15, -0.1) is 0 Å². The van der Waals surface area contributed by atoms with Crippen LogP contribution in [-0.2, 0) is 19.1 Å². The third-order valence-corrected chi connectivity index (χ3v) is 3.32. The lowest BCUT2D eigenvalue weighted by molar-refractivity contribution is -0.156. The first kappa shape index (κ1) is 20.9. The van der Waals surface area contributed by atoms with Crippen molar-refractivity contribution in [3.05, 3.63) is 42.0 Å². The number of unbranched alkanes of at least 4 members (excludes halogenated alkanes) is 2. The molecule has 1 aromatic carbocycles. The highest BCUT2D eigenvalue weighted by atomic mass is 16.6. The summed E-state index contributed by atoms with van der Waals surface area (Å²) in [6.45, 7) is 5.81. The Hall–Kier alpha value is -2.14. The van der Waals surface area contributed by atoms with E-state index in [-0.39, 0.29) is 11.9 Å². The Morgan fingerprint density at radius 3 is 2.44 bits per heavy atom. The van der Waals surface area contributed by atoms with E-state index in [9.17, 15) is 9.59 Å². The van der Waals surface area contributed by atoms with Crippen LogP contribution in [0.3, 0.4) is 0 Å². The van der Waals surface area contributed by atoms with E-state index in [1.54, 1.807) is 6.08 Å². The molecule has 0 saturated heterocycles. The standard InChI is InChI=1S/C20H29NO4/c1-20(2,3)25-19(23)17(21)12-8-5-9-15-24-18(22)14-13-16-10-6-4-7-11-16/h4,6-7,10-11,13-14,17H,5,8-9,12,15,21H2,1-3H3. The first-order valence-corrected chi connectivity index (χ1v) is 8.66. The van der Waals surface area contributed by atoms with Crippen molar-refractivity contribution >= 4 is 18.0 Å². The number of nitrogens with two attached hydrogens (primary N) is 1. The lowest BCUT2D eigenvalue weighted by atomic mass is 10.1. The van der Waals surface area contributed by atoms with E-state index >= 15 is 0 Å². The van der Waals surface area contributed by atoms with E-state index < -0.39 is 11.6 Å². The Bertz CT molecular complexity index is 561. The Morgan fingerprint density at radius 1 is 1.12 bits per heavy atom. The number of ether oxygens (including phenoxy) is 2. The summed E-state index contributed by atoms with van der Waals surface area (Å²) in [6, 6.07) is 8.97. The van der Waals surface area contributed by atoms with Gasteiger partial charge in [-0.25, -0.2) is 4.79 Å². The van der Waals surface area contributed by atoms with Gasteiger partial charge in [0.2, 0.25) is 0 Å². The first-order valence-electron chi connectivity index (χ1n) is 8.66. The maximum absolute atomic E-state index is 11.7. The molecule has 138 valence electrons. The molecule has 5 heteroatoms. The molecular formula is C20H29NO4. The summed E-state index contributed by atoms with van der Waals surface area (Å²) in [5, 5.41) is 0. The molecule has 0 amide bonds. The lowest BCUT2D eigenvalue weighted by Gasteiger charge is -2.22. The minimum absolute atomic E-state index is 0.352. The van der Waals surface area contributed by atoms with Crippen LogP contribution in [-0.4, -0.2) is 30.2 Å². The van der Waals surface area contributed by atoms with Gasteiger partial charge in [0.15, 0.2) is 0 Å². The molecule has 1 atom stereocenters. The third-order valence-electron chi connectivity index (χ3n) is 3.32. The van der Waals surface area contributed by atoms with E-state index in [1.165, 1.54) is 6.08 Å². The summed E-state index contributed by atoms with van der Waals surface area (Å²) in [6.07, 6.45) is 6.09. The van der Waals surface area contributed by atoms with Gasteiger partial charge in [-0.1, -0.05) is 36.8 Å². The first-order chi connectivity index (χ1) is 11.8. The Kier molecular flexibility index (Phi) is 8.92. The van der Waals surface area contributed by atoms with E-state index in [2.05, 4.69) is 0 Å². The SMILES string of the molecule is CC(C)(C)OC(=O)C(N)CCCCCOC(=O)C=Cc1ccccc1. The largest absolute Gasteiger partial charge is 0.463 e. The summed E-state index contributed by atoms with van der Waals surface area (Å²) < 4.78 is 10.4. The minimum atomic E-state index is -0.601. The molecule has 0 saturated carbocycles. The van der Waals surface area contributed by atoms with Gasteiger partial charge in [0.05, 0.1) is 6.61 Å². The highest BCUT2D eigenvalue weighted by Crippen LogP contribution is 2.11. The van der Waals surface area contributed by atoms with Crippen LogP contribution in [0.4, 0.5) is 0 Å². The van der Waals surface area contributed by atoms with Crippen LogP contribution >= 0.6 is 0 Å². The van der Waals surface area contributed by atoms with Crippen LogP contribution < -0.4 is 5.73 Å². The Labute approximate surface area is 150 Å². The monoisotopic (exact) mass is 347 g/mol. The molecule has 2 N–H and O–H groups in total. The van der Waals surface area contributed by atoms with E-state index in [4.69, 9.17) is 15.2 Å². The smallest absolute Gasteiger partial charge is 0.330 e. The van der Waals surface area contributed by atoms with Crippen molar-refractivity contribution in [3.8, 4) is 0 Å². The highest BCUT2D eigenvalue weighted by molar-refractivity contribution is 5.87. The van der Waals surface area contributed by atoms with Crippen molar-refractivity contribution < 1.29 is 19.1 Å². The van der Waals surface area contributed by atoms with E-state index in [1.807, 2.05) is 51.1 Å². The summed E-state index contributed by atoms with van der Waals surface area (Å²) >= 11 is 0. The van der Waals surface area contributed by atoms with Crippen molar-refractivity contribution in [1.82, 2.24) is 0 Å². The van der Waals surface area contributed by atoms with E-state index in [0.717, 1.165) is 24.8 Å². The number of esters is 2. The number of rotatable bonds is 9. The fraction of sp³-hybridized carbons (Fsp3) is 0.500. The van der Waals surface area contributed by atoms with Crippen molar-refractivity contribution in [2.75, 3.05) is 6.61 Å². The molecule has 0 aliphatic rings. The van der Waals surface area contributed by atoms with Crippen molar-refractivity contribution in [2.45, 2.75) is 58.1 Å². The molecule has 0 radical (unpaired) electrons. The molecule has 1 unspecified atom stereocenters. The molecule has 0 aromatic heterocycles. The van der Waals surface area contributed by atoms with Crippen LogP contribution in [0.15, 0.2) is 36.4 Å². The fourth-order valence-electron chi connectivity index (χ4n) is 2.09. The number of hydrogen-bond donors (Lipinski definition) is 1. The fourth-order valence-corrected chi connectivity index (χ4v) is 2.09. The maximum atomic E-state index is 11.7. The predicted molar refractivity (Wildman–Crippen MR) is 98.7 cm³/mol. The van der Waals surface area contributed by atoms with Crippen molar-refractivity contribution in [2.24, 2.45) is 5.73 Å². The van der Waals surface area contributed by atoms with Gasteiger partial charge in [-0.2, -0.15) is 0 Å². The van der Waals surface area contributed by atoms with Crippen LogP contribution in [0, 0.1) is 0 Å². The van der Waals surface area contributed by atoms with Gasteiger partial charge >= 0.3 is 11.9 Å². The number of hydrogen-bond acceptors (Lipinski definition) is 5. The quantitative estimate of drug-likeness (QED) is 0.420. The second-order valence-corrected chi connectivity index (χ2v) is 6.90. The zero-order valence-corrected chi connectivity index (χ0v) is 15.4. The molecule has 1 aromatic rings. The molecule has 0 heterocycles. The van der Waals surface area contributed by atoms with Gasteiger partial charge in [-0.3, -0.25) is 4.79 Å². The van der Waals surface area contributed by atoms with Gasteiger partial charge < -0.3 is 15.2 Å². The molecule has 5 nitrogen and oxygen atoms in total. The summed E-state index contributed by atoms with van der Waals surface area (Å²) in [7, 11) is 0. The zero-order chi connectivity index (χ0) is 18.7. The van der Waals surface area contributed by atoms with Crippen LogP contribution in [0.5, 0.6) is 0 Å². The molecular weight excluding hydrogens is 318 g/mol. The van der Waals surface area contributed by atoms with Crippen LogP contribution in [0.1, 0.15) is 52.0 Å². The normalized spacial score (nSPS) is 12.8. The zero-order valence-electron chi connectivity index (χ0n) is 15.4. The number of carbonyl (C=O) groups is 2. The third kappa shape index (κ3) is 10.4. The summed E-state index contributed by atoms with van der Waals surface area (Å²) in [5.41, 5.74) is 6.25. The molecule has 25 heavy (non-hydrogen) atoms. The van der Waals surface area contributed by atoms with E-state index in [0.29, 0.717) is 13.0 Å². The summed E-state index contributed by atoms with van der Waals surface area (Å²) in [4.78, 5) is 23.3. The molecule has 0 fully saturated rings. The highest BCUT2D eigenvalue weighted by Gasteiger charge is 2.21. The second kappa shape index (κ2) is 10.7. The second-order valence-electron chi connectivity index (χ2n) is 6.90. The average Bonchev–Trinajstić information content (AvgIpc) is 2.55. The molecule has 0 aliphatic heterocycles. The van der Waals surface area contributed by atoms with Crippen molar-refractivity contribution in [1.29, 1.82) is 0 Å². The van der Waals surface area contributed by atoms with Gasteiger partial charge in [0.25, 0.3) is 0 Å². The molecule has 0 spiro atoms. The number of benzene rings is 1. The molecule has 0 bridgehead atoms. The minimum Gasteiger partial charge on any atom is -0.463 e. The molecule has 0 aliphatic carbocycles. The molecule has 1 rings (SSSR count). The Balaban J connectivity index is 2.11.